The fourth-order valence-corrected chi connectivity index (χ4v) is 1.08. The molecule has 0 bridgehead atoms. The second-order valence-electron chi connectivity index (χ2n) is 3.21. The second kappa shape index (κ2) is 6.54. The molecule has 3 N–H and O–H groups in total. The highest BCUT2D eigenvalue weighted by atomic mass is 16.4. The molecule has 0 aliphatic carbocycles. The van der Waals surface area contributed by atoms with Gasteiger partial charge in [-0.25, -0.2) is 9.59 Å². The van der Waals surface area contributed by atoms with E-state index in [4.69, 9.17) is 10.2 Å². The molecule has 0 spiro atoms. The molecule has 7 heteroatoms. The van der Waals surface area contributed by atoms with Gasteiger partial charge in [-0.3, -0.25) is 9.59 Å². The van der Waals surface area contributed by atoms with E-state index in [1.807, 2.05) is 0 Å². The summed E-state index contributed by atoms with van der Waals surface area (Å²) in [5.74, 6) is -4.20. The molecular formula is C9H13NO6. The molecule has 0 radical (unpaired) electrons. The minimum atomic E-state index is -1.54. The molecule has 0 heterocycles. The molecule has 0 fully saturated rings. The van der Waals surface area contributed by atoms with Gasteiger partial charge in [0.2, 0.25) is 11.7 Å². The number of hydrogen-bond acceptors (Lipinski definition) is 4. The normalized spacial score (nSPS) is 11.6. The van der Waals surface area contributed by atoms with Gasteiger partial charge in [0.15, 0.2) is 0 Å². The molecule has 0 aromatic carbocycles. The maximum absolute atomic E-state index is 10.7. The minimum absolute atomic E-state index is 0.0218. The zero-order valence-electron chi connectivity index (χ0n) is 8.73. The van der Waals surface area contributed by atoms with Crippen LogP contribution in [-0.4, -0.2) is 39.9 Å². The van der Waals surface area contributed by atoms with Crippen LogP contribution < -0.4 is 5.32 Å². The fourth-order valence-electron chi connectivity index (χ4n) is 1.08. The molecule has 7 nitrogen and oxygen atoms in total. The number of Topliss-reactive ketones (excluding diaryl/α,β-unsaturated/α-hetero) is 1. The third-order valence-corrected chi connectivity index (χ3v) is 1.81. The lowest BCUT2D eigenvalue weighted by Crippen LogP contribution is -2.39. The number of nitrogens with one attached hydrogen (secondary N) is 1. The Kier molecular flexibility index (Phi) is 5.76. The Hall–Kier alpha value is -1.92. The first-order chi connectivity index (χ1) is 7.34. The van der Waals surface area contributed by atoms with Gasteiger partial charge in [-0.1, -0.05) is 0 Å². The average Bonchev–Trinajstić information content (AvgIpc) is 2.14. The molecule has 16 heavy (non-hydrogen) atoms. The van der Waals surface area contributed by atoms with Crippen LogP contribution in [0.5, 0.6) is 0 Å². The Bertz CT molecular complexity index is 311. The van der Waals surface area contributed by atoms with E-state index in [1.165, 1.54) is 6.92 Å². The number of hydrogen-bond donors (Lipinski definition) is 3. The van der Waals surface area contributed by atoms with Crippen LogP contribution in [0.25, 0.3) is 0 Å². The van der Waals surface area contributed by atoms with Crippen molar-refractivity contribution in [3.05, 3.63) is 0 Å². The zero-order valence-corrected chi connectivity index (χ0v) is 8.73. The number of amides is 1. The van der Waals surface area contributed by atoms with Crippen molar-refractivity contribution in [1.82, 2.24) is 5.32 Å². The van der Waals surface area contributed by atoms with Crippen molar-refractivity contribution in [2.45, 2.75) is 32.2 Å². The van der Waals surface area contributed by atoms with Gasteiger partial charge in [-0.05, 0) is 12.8 Å². The quantitative estimate of drug-likeness (QED) is 0.503. The number of aliphatic carboxylic acids is 2. The van der Waals surface area contributed by atoms with Crippen LogP contribution in [0.1, 0.15) is 26.2 Å². The number of ketones is 1. The molecule has 0 saturated heterocycles. The summed E-state index contributed by atoms with van der Waals surface area (Å²) in [7, 11) is 0. The number of rotatable bonds is 7. The Morgan fingerprint density at radius 3 is 2.12 bits per heavy atom. The lowest BCUT2D eigenvalue weighted by atomic mass is 10.1. The zero-order chi connectivity index (χ0) is 12.7. The molecule has 0 aromatic rings. The summed E-state index contributed by atoms with van der Waals surface area (Å²) >= 11 is 0. The second-order valence-corrected chi connectivity index (χ2v) is 3.21. The van der Waals surface area contributed by atoms with E-state index < -0.39 is 29.7 Å². The predicted molar refractivity (Wildman–Crippen MR) is 51.7 cm³/mol. The van der Waals surface area contributed by atoms with Gasteiger partial charge in [0.1, 0.15) is 6.04 Å². The van der Waals surface area contributed by atoms with Crippen LogP contribution in [0.4, 0.5) is 0 Å². The molecule has 0 rings (SSSR count). The first-order valence-corrected chi connectivity index (χ1v) is 4.60. The maximum atomic E-state index is 10.7. The van der Waals surface area contributed by atoms with Crippen LogP contribution in [0.2, 0.25) is 0 Å². The SMILES string of the molecule is CC(=O)N[C@@H](CCCC(=O)C(=O)O)C(=O)O. The number of carbonyl (C=O) groups excluding carboxylic acids is 2. The van der Waals surface area contributed by atoms with Gasteiger partial charge < -0.3 is 15.5 Å². The first kappa shape index (κ1) is 14.1. The van der Waals surface area contributed by atoms with Crippen LogP contribution >= 0.6 is 0 Å². The molecule has 0 aliphatic rings. The number of carboxylic acid groups (broad SMARTS) is 2. The Morgan fingerprint density at radius 1 is 1.19 bits per heavy atom. The van der Waals surface area contributed by atoms with Gasteiger partial charge in [-0.2, -0.15) is 0 Å². The van der Waals surface area contributed by atoms with Gasteiger partial charge in [0, 0.05) is 13.3 Å². The molecule has 0 aromatic heterocycles. The van der Waals surface area contributed by atoms with Crippen LogP contribution in [0.3, 0.4) is 0 Å². The Labute approximate surface area is 91.4 Å². The number of carbonyl (C=O) groups is 4. The summed E-state index contributed by atoms with van der Waals surface area (Å²) in [6.45, 7) is 1.18. The van der Waals surface area contributed by atoms with Crippen molar-refractivity contribution < 1.29 is 29.4 Å². The molecule has 1 amide bonds. The summed E-state index contributed by atoms with van der Waals surface area (Å²) in [6, 6.07) is -1.08. The average molecular weight is 231 g/mol. The molecule has 90 valence electrons. The van der Waals surface area contributed by atoms with E-state index in [1.54, 1.807) is 0 Å². The van der Waals surface area contributed by atoms with Crippen molar-refractivity contribution >= 4 is 23.6 Å². The Morgan fingerprint density at radius 2 is 1.75 bits per heavy atom. The minimum Gasteiger partial charge on any atom is -0.480 e. The van der Waals surface area contributed by atoms with Crippen LogP contribution in [0, 0.1) is 0 Å². The molecule has 1 atom stereocenters. The largest absolute Gasteiger partial charge is 0.480 e. The van der Waals surface area contributed by atoms with E-state index in [0.29, 0.717) is 0 Å². The topological polar surface area (TPSA) is 121 Å². The van der Waals surface area contributed by atoms with Crippen molar-refractivity contribution in [3.8, 4) is 0 Å². The van der Waals surface area contributed by atoms with Crippen LogP contribution in [-0.2, 0) is 19.2 Å². The van der Waals surface area contributed by atoms with Crippen molar-refractivity contribution in [3.63, 3.8) is 0 Å². The highest BCUT2D eigenvalue weighted by Gasteiger charge is 2.19. The van der Waals surface area contributed by atoms with E-state index in [2.05, 4.69) is 5.32 Å². The van der Waals surface area contributed by atoms with Gasteiger partial charge in [0.25, 0.3) is 0 Å². The standard InChI is InChI=1S/C9H13NO6/c1-5(11)10-6(8(13)14)3-2-4-7(12)9(15)16/h6H,2-4H2,1H3,(H,10,11)(H,13,14)(H,15,16)/t6-/m0/s1. The number of carboxylic acids is 2. The maximum Gasteiger partial charge on any atom is 0.372 e. The smallest absolute Gasteiger partial charge is 0.372 e. The van der Waals surface area contributed by atoms with Gasteiger partial charge in [-0.15, -0.1) is 0 Å². The molecular weight excluding hydrogens is 218 g/mol. The fraction of sp³-hybridized carbons (Fsp3) is 0.556. The Balaban J connectivity index is 4.03. The highest BCUT2D eigenvalue weighted by Crippen LogP contribution is 2.02. The first-order valence-electron chi connectivity index (χ1n) is 4.60. The van der Waals surface area contributed by atoms with Crippen LogP contribution in [0.15, 0.2) is 0 Å². The molecule has 0 aliphatic heterocycles. The molecule has 0 unspecified atom stereocenters. The lowest BCUT2D eigenvalue weighted by molar-refractivity contribution is -0.149. The predicted octanol–water partition coefficient (Wildman–Crippen LogP) is -0.600. The van der Waals surface area contributed by atoms with E-state index >= 15 is 0 Å². The van der Waals surface area contributed by atoms with E-state index in [9.17, 15) is 19.2 Å². The summed E-state index contributed by atoms with van der Waals surface area (Å²) < 4.78 is 0. The summed E-state index contributed by atoms with van der Waals surface area (Å²) in [5, 5.41) is 19.1. The van der Waals surface area contributed by atoms with Gasteiger partial charge >= 0.3 is 11.9 Å². The van der Waals surface area contributed by atoms with E-state index in [-0.39, 0.29) is 19.3 Å². The summed E-state index contributed by atoms with van der Waals surface area (Å²) in [4.78, 5) is 42.1. The van der Waals surface area contributed by atoms with Crippen molar-refractivity contribution in [2.75, 3.05) is 0 Å². The van der Waals surface area contributed by atoms with Crippen molar-refractivity contribution in [1.29, 1.82) is 0 Å². The third-order valence-electron chi connectivity index (χ3n) is 1.81. The van der Waals surface area contributed by atoms with Crippen molar-refractivity contribution in [2.24, 2.45) is 0 Å². The summed E-state index contributed by atoms with van der Waals surface area (Å²) in [6.07, 6.45) is -0.116. The van der Waals surface area contributed by atoms with Gasteiger partial charge in [0.05, 0.1) is 0 Å². The monoisotopic (exact) mass is 231 g/mol. The molecule has 0 saturated carbocycles. The lowest BCUT2D eigenvalue weighted by Gasteiger charge is -2.11. The summed E-state index contributed by atoms with van der Waals surface area (Å²) in [5.41, 5.74) is 0. The third kappa shape index (κ3) is 5.74. The van der Waals surface area contributed by atoms with E-state index in [0.717, 1.165) is 0 Å². The highest BCUT2D eigenvalue weighted by molar-refractivity contribution is 6.32.